The van der Waals surface area contributed by atoms with Gasteiger partial charge in [0.15, 0.2) is 0 Å². The topological polar surface area (TPSA) is 52.1 Å². The van der Waals surface area contributed by atoms with Gasteiger partial charge in [-0.3, -0.25) is 0 Å². The summed E-state index contributed by atoms with van der Waals surface area (Å²) >= 11 is 1.20. The number of aryl methyl sites for hydroxylation is 1. The molecule has 0 spiro atoms. The molecular formula is C9H10N2O2S. The molecule has 74 valence electrons. The average Bonchev–Trinajstić information content (AvgIpc) is 2.62. The van der Waals surface area contributed by atoms with Gasteiger partial charge in [-0.2, -0.15) is 0 Å². The van der Waals surface area contributed by atoms with E-state index in [-0.39, 0.29) is 0 Å². The van der Waals surface area contributed by atoms with E-state index in [1.54, 1.807) is 0 Å². The van der Waals surface area contributed by atoms with Gasteiger partial charge in [-0.1, -0.05) is 17.8 Å². The Morgan fingerprint density at radius 2 is 2.43 bits per heavy atom. The van der Waals surface area contributed by atoms with Crippen LogP contribution in [0, 0.1) is 11.8 Å². The van der Waals surface area contributed by atoms with E-state index in [0.29, 0.717) is 0 Å². The van der Waals surface area contributed by atoms with Gasteiger partial charge in [-0.05, 0) is 23.9 Å². The molecule has 4 nitrogen and oxygen atoms in total. The van der Waals surface area contributed by atoms with Crippen molar-refractivity contribution in [3.05, 3.63) is 10.6 Å². The second-order valence-corrected chi connectivity index (χ2v) is 3.29. The molecule has 5 heteroatoms. The number of aromatic nitrogens is 2. The second-order valence-electron chi connectivity index (χ2n) is 2.54. The summed E-state index contributed by atoms with van der Waals surface area (Å²) in [6.45, 7) is 2.05. The van der Waals surface area contributed by atoms with Gasteiger partial charge in [0.1, 0.15) is 4.88 Å². The Labute approximate surface area is 86.4 Å². The largest absolute Gasteiger partial charge is 0.459 e. The highest BCUT2D eigenvalue weighted by molar-refractivity contribution is 7.06. The number of rotatable bonds is 2. The SMILES string of the molecule is CCCc1nnsc1C#CC(=O)OC. The maximum Gasteiger partial charge on any atom is 0.384 e. The molecule has 1 rings (SSSR count). The first-order valence-corrected chi connectivity index (χ1v) is 4.96. The van der Waals surface area contributed by atoms with Crippen LogP contribution in [0.5, 0.6) is 0 Å². The lowest BCUT2D eigenvalue weighted by molar-refractivity contribution is -0.133. The molecule has 0 bridgehead atoms. The fourth-order valence-electron chi connectivity index (χ4n) is 0.863. The minimum absolute atomic E-state index is 0.541. The van der Waals surface area contributed by atoms with Gasteiger partial charge in [0.25, 0.3) is 0 Å². The summed E-state index contributed by atoms with van der Waals surface area (Å²) in [6.07, 6.45) is 1.82. The molecule has 0 saturated carbocycles. The Balaban J connectivity index is 2.78. The van der Waals surface area contributed by atoms with Crippen LogP contribution in [-0.2, 0) is 16.0 Å². The third-order valence-corrected chi connectivity index (χ3v) is 2.19. The smallest absolute Gasteiger partial charge is 0.384 e. The standard InChI is InChI=1S/C9H10N2O2S/c1-3-4-7-8(14-11-10-7)5-6-9(12)13-2/h3-4H2,1-2H3. The van der Waals surface area contributed by atoms with Crippen molar-refractivity contribution in [3.8, 4) is 11.8 Å². The quantitative estimate of drug-likeness (QED) is 0.540. The number of methoxy groups -OCH3 is 1. The molecule has 1 heterocycles. The summed E-state index contributed by atoms with van der Waals surface area (Å²) in [5.74, 6) is 4.51. The maximum atomic E-state index is 10.7. The third-order valence-electron chi connectivity index (χ3n) is 1.51. The van der Waals surface area contributed by atoms with Crippen LogP contribution in [0.1, 0.15) is 23.9 Å². The molecule has 0 aromatic carbocycles. The molecule has 0 fully saturated rings. The van der Waals surface area contributed by atoms with Crippen molar-refractivity contribution < 1.29 is 9.53 Å². The van der Waals surface area contributed by atoms with Crippen LogP contribution in [0.4, 0.5) is 0 Å². The molecule has 1 aromatic heterocycles. The summed E-state index contributed by atoms with van der Waals surface area (Å²) < 4.78 is 8.18. The van der Waals surface area contributed by atoms with Crippen LogP contribution in [-0.4, -0.2) is 22.7 Å². The lowest BCUT2D eigenvalue weighted by atomic mass is 10.2. The Hall–Kier alpha value is -1.41. The highest BCUT2D eigenvalue weighted by Gasteiger charge is 2.03. The Morgan fingerprint density at radius 3 is 3.07 bits per heavy atom. The second kappa shape index (κ2) is 5.35. The summed E-state index contributed by atoms with van der Waals surface area (Å²) in [4.78, 5) is 11.5. The first-order chi connectivity index (χ1) is 6.77. The van der Waals surface area contributed by atoms with Crippen LogP contribution in [0.2, 0.25) is 0 Å². The molecule has 0 amide bonds. The summed E-state index contributed by atoms with van der Waals surface area (Å²) in [7, 11) is 1.30. The number of nitrogens with zero attached hydrogens (tertiary/aromatic N) is 2. The molecular weight excluding hydrogens is 200 g/mol. The molecule has 0 saturated heterocycles. The van der Waals surface area contributed by atoms with Gasteiger partial charge in [-0.15, -0.1) is 5.10 Å². The fourth-order valence-corrected chi connectivity index (χ4v) is 1.43. The number of carbonyl (C=O) groups excluding carboxylic acids is 1. The van der Waals surface area contributed by atoms with Crippen molar-refractivity contribution in [1.29, 1.82) is 0 Å². The maximum absolute atomic E-state index is 10.7. The van der Waals surface area contributed by atoms with Crippen molar-refractivity contribution in [1.82, 2.24) is 9.59 Å². The minimum Gasteiger partial charge on any atom is -0.459 e. The lowest BCUT2D eigenvalue weighted by Crippen LogP contribution is -1.94. The van der Waals surface area contributed by atoms with Crippen LogP contribution < -0.4 is 0 Å². The lowest BCUT2D eigenvalue weighted by Gasteiger charge is -1.89. The van der Waals surface area contributed by atoms with Gasteiger partial charge >= 0.3 is 5.97 Å². The number of hydrogen-bond donors (Lipinski definition) is 0. The first-order valence-electron chi connectivity index (χ1n) is 4.19. The van der Waals surface area contributed by atoms with Crippen LogP contribution in [0.3, 0.4) is 0 Å². The highest BCUT2D eigenvalue weighted by atomic mass is 32.1. The van der Waals surface area contributed by atoms with E-state index in [4.69, 9.17) is 0 Å². The van der Waals surface area contributed by atoms with E-state index < -0.39 is 5.97 Å². The van der Waals surface area contributed by atoms with Gasteiger partial charge in [0.2, 0.25) is 0 Å². The van der Waals surface area contributed by atoms with Gasteiger partial charge < -0.3 is 4.74 Å². The molecule has 14 heavy (non-hydrogen) atoms. The summed E-state index contributed by atoms with van der Waals surface area (Å²) in [5, 5.41) is 3.92. The normalized spacial score (nSPS) is 9.00. The summed E-state index contributed by atoms with van der Waals surface area (Å²) in [5.41, 5.74) is 0.855. The predicted octanol–water partition coefficient (Wildman–Crippen LogP) is 1.02. The molecule has 0 N–H and O–H groups in total. The van der Waals surface area contributed by atoms with Crippen molar-refractivity contribution in [3.63, 3.8) is 0 Å². The Bertz CT molecular complexity index is 376. The van der Waals surface area contributed by atoms with E-state index in [2.05, 4.69) is 33.1 Å². The Kier molecular flexibility index (Phi) is 4.08. The number of ether oxygens (including phenoxy) is 1. The van der Waals surface area contributed by atoms with E-state index in [1.807, 2.05) is 0 Å². The molecule has 0 atom stereocenters. The predicted molar refractivity (Wildman–Crippen MR) is 52.8 cm³/mol. The Morgan fingerprint density at radius 1 is 1.64 bits per heavy atom. The zero-order chi connectivity index (χ0) is 10.4. The zero-order valence-corrected chi connectivity index (χ0v) is 8.85. The van der Waals surface area contributed by atoms with E-state index in [9.17, 15) is 4.79 Å². The van der Waals surface area contributed by atoms with Gasteiger partial charge in [0, 0.05) is 5.92 Å². The van der Waals surface area contributed by atoms with Gasteiger partial charge in [0.05, 0.1) is 12.8 Å². The van der Waals surface area contributed by atoms with E-state index >= 15 is 0 Å². The van der Waals surface area contributed by atoms with Crippen molar-refractivity contribution >= 4 is 17.5 Å². The van der Waals surface area contributed by atoms with Crippen molar-refractivity contribution in [2.45, 2.75) is 19.8 Å². The third kappa shape index (κ3) is 2.82. The van der Waals surface area contributed by atoms with E-state index in [0.717, 1.165) is 23.4 Å². The number of esters is 1. The molecule has 0 radical (unpaired) electrons. The molecule has 0 aliphatic rings. The van der Waals surface area contributed by atoms with E-state index in [1.165, 1.54) is 18.6 Å². The first kappa shape index (κ1) is 10.7. The zero-order valence-electron chi connectivity index (χ0n) is 8.03. The summed E-state index contributed by atoms with van der Waals surface area (Å²) in [6, 6.07) is 0. The van der Waals surface area contributed by atoms with Crippen molar-refractivity contribution in [2.24, 2.45) is 0 Å². The molecule has 0 aliphatic heterocycles. The van der Waals surface area contributed by atoms with Crippen molar-refractivity contribution in [2.75, 3.05) is 7.11 Å². The average molecular weight is 210 g/mol. The molecule has 1 aromatic rings. The molecule has 0 aliphatic carbocycles. The monoisotopic (exact) mass is 210 g/mol. The van der Waals surface area contributed by atoms with Crippen LogP contribution >= 0.6 is 11.5 Å². The van der Waals surface area contributed by atoms with Gasteiger partial charge in [-0.25, -0.2) is 4.79 Å². The number of hydrogen-bond acceptors (Lipinski definition) is 5. The molecule has 0 unspecified atom stereocenters. The van der Waals surface area contributed by atoms with Crippen LogP contribution in [0.15, 0.2) is 0 Å². The fraction of sp³-hybridized carbons (Fsp3) is 0.444. The van der Waals surface area contributed by atoms with Crippen LogP contribution in [0.25, 0.3) is 0 Å². The highest BCUT2D eigenvalue weighted by Crippen LogP contribution is 2.10. The number of carbonyl (C=O) groups is 1. The minimum atomic E-state index is -0.541.